The van der Waals surface area contributed by atoms with Crippen molar-refractivity contribution in [3.05, 3.63) is 0 Å². The highest BCUT2D eigenvalue weighted by Gasteiger charge is 2.32. The van der Waals surface area contributed by atoms with Crippen LogP contribution in [0.2, 0.25) is 0 Å². The van der Waals surface area contributed by atoms with Crippen LogP contribution in [0, 0.1) is 5.92 Å². The number of aliphatic hydroxyl groups excluding tert-OH is 1. The topological polar surface area (TPSA) is 95.7 Å². The molecule has 1 unspecified atom stereocenters. The number of amides is 2. The number of rotatable bonds is 5. The van der Waals surface area contributed by atoms with Crippen LogP contribution in [-0.2, 0) is 9.59 Å². The second-order valence-corrected chi connectivity index (χ2v) is 7.22. The monoisotopic (exact) mass is 331 g/mol. The number of aliphatic hydroxyl groups is 1. The summed E-state index contributed by atoms with van der Waals surface area (Å²) in [6.07, 6.45) is 5.14. The molecule has 2 aliphatic rings. The molecule has 6 nitrogen and oxygen atoms in total. The second-order valence-electron chi connectivity index (χ2n) is 5.61. The van der Waals surface area contributed by atoms with Gasteiger partial charge in [0.15, 0.2) is 4.32 Å². The van der Waals surface area contributed by atoms with E-state index in [4.69, 9.17) is 18.0 Å². The van der Waals surface area contributed by atoms with Crippen LogP contribution >= 0.6 is 24.0 Å². The number of thiocarbonyl (C=S) groups is 1. The van der Waals surface area contributed by atoms with E-state index in [9.17, 15) is 14.7 Å². The van der Waals surface area contributed by atoms with Crippen molar-refractivity contribution in [2.75, 3.05) is 5.75 Å². The molecule has 0 bridgehead atoms. The molecule has 1 aliphatic heterocycles. The molecule has 0 aromatic rings. The molecule has 2 fully saturated rings. The van der Waals surface area contributed by atoms with Gasteiger partial charge in [0.25, 0.3) is 11.8 Å². The number of thioether (sulfide) groups is 1. The van der Waals surface area contributed by atoms with Crippen LogP contribution in [0.3, 0.4) is 0 Å². The lowest BCUT2D eigenvalue weighted by Gasteiger charge is -2.27. The maximum Gasteiger partial charge on any atom is 0.269 e. The van der Waals surface area contributed by atoms with Gasteiger partial charge in [-0.2, -0.15) is 0 Å². The number of carbonyl (C=O) groups excluding carboxylic acids is 2. The number of carbonyl (C=O) groups is 2. The van der Waals surface area contributed by atoms with Gasteiger partial charge in [0, 0.05) is 6.04 Å². The zero-order valence-corrected chi connectivity index (χ0v) is 13.4. The fourth-order valence-electron chi connectivity index (χ4n) is 2.77. The first-order valence-electron chi connectivity index (χ1n) is 7.23. The lowest BCUT2D eigenvalue weighted by atomic mass is 9.84. The number of nitrogens with zero attached hydrogens (tertiary/aromatic N) is 1. The predicted octanol–water partition coefficient (Wildman–Crippen LogP) is 0.536. The molecular formula is C13H21N3O3S2. The fraction of sp³-hybridized carbons (Fsp3) is 0.769. The van der Waals surface area contributed by atoms with Crippen LogP contribution in [0.1, 0.15) is 38.5 Å². The highest BCUT2D eigenvalue weighted by molar-refractivity contribution is 8.23. The maximum atomic E-state index is 12.0. The molecule has 2 amide bonds. The minimum Gasteiger partial charge on any atom is -0.382 e. The van der Waals surface area contributed by atoms with Crippen molar-refractivity contribution in [3.63, 3.8) is 0 Å². The van der Waals surface area contributed by atoms with Crippen LogP contribution in [0.25, 0.3) is 0 Å². The summed E-state index contributed by atoms with van der Waals surface area (Å²) in [5.74, 6) is -0.271. The Kier molecular flexibility index (Phi) is 5.98. The first-order chi connectivity index (χ1) is 9.99. The van der Waals surface area contributed by atoms with Gasteiger partial charge in [-0.05, 0) is 12.3 Å². The van der Waals surface area contributed by atoms with Gasteiger partial charge in [0.2, 0.25) is 0 Å². The highest BCUT2D eigenvalue weighted by atomic mass is 32.2. The Balaban J connectivity index is 1.83. The maximum absolute atomic E-state index is 12.0. The number of hydrazine groups is 1. The summed E-state index contributed by atoms with van der Waals surface area (Å²) < 4.78 is 0.293. The molecule has 118 valence electrons. The summed E-state index contributed by atoms with van der Waals surface area (Å²) >= 11 is 6.14. The zero-order valence-electron chi connectivity index (χ0n) is 11.8. The Labute approximate surface area is 133 Å². The Bertz CT molecular complexity index is 411. The second kappa shape index (κ2) is 7.53. The molecule has 1 heterocycles. The Morgan fingerprint density at radius 2 is 2.14 bits per heavy atom. The number of nitrogens with two attached hydrogens (primary N) is 1. The van der Waals surface area contributed by atoms with E-state index in [1.165, 1.54) is 31.0 Å². The van der Waals surface area contributed by atoms with Crippen LogP contribution in [0.15, 0.2) is 0 Å². The van der Waals surface area contributed by atoms with E-state index in [1.54, 1.807) is 0 Å². The van der Waals surface area contributed by atoms with Crippen LogP contribution in [0.5, 0.6) is 0 Å². The smallest absolute Gasteiger partial charge is 0.269 e. The first kappa shape index (κ1) is 16.7. The molecule has 2 rings (SSSR count). The largest absolute Gasteiger partial charge is 0.382 e. The summed E-state index contributed by atoms with van der Waals surface area (Å²) in [6, 6.07) is -0.618. The van der Waals surface area contributed by atoms with Gasteiger partial charge in [0.1, 0.15) is 6.10 Å². The number of hydrogen-bond donors (Lipinski definition) is 3. The molecular weight excluding hydrogens is 310 g/mol. The number of hydrogen-bond acceptors (Lipinski definition) is 6. The van der Waals surface area contributed by atoms with Crippen molar-refractivity contribution in [1.29, 1.82) is 0 Å². The average molecular weight is 331 g/mol. The SMILES string of the molecule is N[C@H](CC1CCCCC1)C(O)C(=O)NN1C(=O)CSC1=S. The summed E-state index contributed by atoms with van der Waals surface area (Å²) in [5.41, 5.74) is 8.29. The third kappa shape index (κ3) is 4.38. The molecule has 1 saturated carbocycles. The van der Waals surface area contributed by atoms with E-state index >= 15 is 0 Å². The van der Waals surface area contributed by atoms with E-state index in [0.717, 1.165) is 17.9 Å². The average Bonchev–Trinajstić information content (AvgIpc) is 2.79. The fourth-order valence-corrected chi connectivity index (χ4v) is 3.75. The van der Waals surface area contributed by atoms with Crippen molar-refractivity contribution < 1.29 is 14.7 Å². The highest BCUT2D eigenvalue weighted by Crippen LogP contribution is 2.27. The minimum absolute atomic E-state index is 0.212. The van der Waals surface area contributed by atoms with E-state index in [2.05, 4.69) is 5.43 Å². The van der Waals surface area contributed by atoms with E-state index in [-0.39, 0.29) is 11.7 Å². The molecule has 4 N–H and O–H groups in total. The summed E-state index contributed by atoms with van der Waals surface area (Å²) in [6.45, 7) is 0. The molecule has 2 atom stereocenters. The third-order valence-electron chi connectivity index (χ3n) is 3.98. The van der Waals surface area contributed by atoms with Crippen molar-refractivity contribution >= 4 is 40.1 Å². The Hall–Kier alpha value is -0.700. The zero-order chi connectivity index (χ0) is 15.4. The lowest BCUT2D eigenvalue weighted by molar-refractivity contribution is -0.139. The lowest BCUT2D eigenvalue weighted by Crippen LogP contribution is -2.53. The van der Waals surface area contributed by atoms with Crippen LogP contribution < -0.4 is 11.2 Å². The van der Waals surface area contributed by atoms with Crippen molar-refractivity contribution in [3.8, 4) is 0 Å². The van der Waals surface area contributed by atoms with Crippen molar-refractivity contribution in [1.82, 2.24) is 10.4 Å². The molecule has 1 saturated heterocycles. The van der Waals surface area contributed by atoms with E-state index in [1.807, 2.05) is 0 Å². The summed E-state index contributed by atoms with van der Waals surface area (Å²) in [5, 5.41) is 11.0. The van der Waals surface area contributed by atoms with E-state index < -0.39 is 18.1 Å². The molecule has 0 radical (unpaired) electrons. The van der Waals surface area contributed by atoms with Crippen LogP contribution in [0.4, 0.5) is 0 Å². The quantitative estimate of drug-likeness (QED) is 0.636. The van der Waals surface area contributed by atoms with Crippen LogP contribution in [-0.4, -0.2) is 44.1 Å². The Morgan fingerprint density at radius 1 is 1.48 bits per heavy atom. The standard InChI is InChI=1S/C13H21N3O3S2/c14-9(6-8-4-2-1-3-5-8)11(18)12(19)15-16-10(17)7-21-13(16)20/h8-9,11,18H,1-7,14H2,(H,15,19)/t9-,11?/m1/s1. The molecule has 1 aliphatic carbocycles. The molecule has 21 heavy (non-hydrogen) atoms. The molecule has 8 heteroatoms. The minimum atomic E-state index is -1.33. The van der Waals surface area contributed by atoms with Crippen molar-refractivity contribution in [2.45, 2.75) is 50.7 Å². The van der Waals surface area contributed by atoms with Gasteiger partial charge in [-0.25, -0.2) is 5.01 Å². The van der Waals surface area contributed by atoms with Gasteiger partial charge in [-0.3, -0.25) is 15.0 Å². The molecule has 0 spiro atoms. The van der Waals surface area contributed by atoms with Gasteiger partial charge in [0.05, 0.1) is 5.75 Å². The normalized spacial score (nSPS) is 23.2. The van der Waals surface area contributed by atoms with Gasteiger partial charge in [-0.15, -0.1) is 0 Å². The third-order valence-corrected chi connectivity index (χ3v) is 5.33. The summed E-state index contributed by atoms with van der Waals surface area (Å²) in [4.78, 5) is 23.5. The number of nitrogens with one attached hydrogen (secondary N) is 1. The molecule has 0 aromatic carbocycles. The van der Waals surface area contributed by atoms with Gasteiger partial charge >= 0.3 is 0 Å². The van der Waals surface area contributed by atoms with Gasteiger partial charge in [-0.1, -0.05) is 56.1 Å². The summed E-state index contributed by atoms with van der Waals surface area (Å²) in [7, 11) is 0. The Morgan fingerprint density at radius 3 is 2.71 bits per heavy atom. The van der Waals surface area contributed by atoms with Crippen molar-refractivity contribution in [2.24, 2.45) is 11.7 Å². The molecule has 0 aromatic heterocycles. The van der Waals surface area contributed by atoms with E-state index in [0.29, 0.717) is 16.7 Å². The predicted molar refractivity (Wildman–Crippen MR) is 85.2 cm³/mol. The first-order valence-corrected chi connectivity index (χ1v) is 8.62. The van der Waals surface area contributed by atoms with Gasteiger partial charge < -0.3 is 10.8 Å².